The number of unbranched alkanes of at least 4 members (excludes halogenated alkanes) is 1. The minimum Gasteiger partial charge on any atom is -0.481 e. The van der Waals surface area contributed by atoms with E-state index >= 15 is 0 Å². The third-order valence-corrected chi connectivity index (χ3v) is 2.24. The Labute approximate surface area is 82.6 Å². The van der Waals surface area contributed by atoms with Crippen molar-refractivity contribution in [2.75, 3.05) is 13.2 Å². The Balaban J connectivity index is 2.48. The molecule has 0 aliphatic carbocycles. The topological polar surface area (TPSA) is 66.8 Å². The minimum absolute atomic E-state index is 0.0323. The van der Waals surface area contributed by atoms with Gasteiger partial charge in [-0.3, -0.25) is 4.79 Å². The zero-order chi connectivity index (χ0) is 10.6. The molecule has 0 bridgehead atoms. The summed E-state index contributed by atoms with van der Waals surface area (Å²) in [6.45, 7) is 2.82. The van der Waals surface area contributed by atoms with Crippen molar-refractivity contribution < 1.29 is 19.4 Å². The number of amides is 1. The number of nitrogens with zero attached hydrogens (tertiary/aromatic N) is 1. The van der Waals surface area contributed by atoms with Crippen molar-refractivity contribution >= 4 is 12.1 Å². The molecule has 0 aromatic carbocycles. The monoisotopic (exact) mass is 201 g/mol. The number of carboxylic acid groups (broad SMARTS) is 1. The maximum absolute atomic E-state index is 11.2. The van der Waals surface area contributed by atoms with Crippen LogP contribution >= 0.6 is 0 Å². The lowest BCUT2D eigenvalue weighted by Gasteiger charge is -2.19. The number of carboxylic acids is 1. The van der Waals surface area contributed by atoms with E-state index in [2.05, 4.69) is 0 Å². The number of hydrogen-bond acceptors (Lipinski definition) is 3. The van der Waals surface area contributed by atoms with Gasteiger partial charge in [0.25, 0.3) is 0 Å². The van der Waals surface area contributed by atoms with Crippen LogP contribution in [0.1, 0.15) is 26.2 Å². The molecule has 1 rings (SSSR count). The van der Waals surface area contributed by atoms with E-state index in [1.165, 1.54) is 4.90 Å². The molecule has 1 atom stereocenters. The van der Waals surface area contributed by atoms with Crippen molar-refractivity contribution in [3.63, 3.8) is 0 Å². The molecule has 1 heterocycles. The molecule has 0 aromatic rings. The van der Waals surface area contributed by atoms with Gasteiger partial charge in [0.1, 0.15) is 6.61 Å². The van der Waals surface area contributed by atoms with Crippen LogP contribution in [0.2, 0.25) is 0 Å². The van der Waals surface area contributed by atoms with E-state index in [-0.39, 0.29) is 25.2 Å². The Morgan fingerprint density at radius 3 is 3.00 bits per heavy atom. The van der Waals surface area contributed by atoms with Crippen molar-refractivity contribution in [1.82, 2.24) is 4.90 Å². The van der Waals surface area contributed by atoms with Gasteiger partial charge in [-0.1, -0.05) is 13.3 Å². The van der Waals surface area contributed by atoms with Crippen LogP contribution in [-0.2, 0) is 9.53 Å². The normalized spacial score (nSPS) is 21.1. The second kappa shape index (κ2) is 4.83. The Kier molecular flexibility index (Phi) is 3.73. The Morgan fingerprint density at radius 1 is 1.71 bits per heavy atom. The quantitative estimate of drug-likeness (QED) is 0.722. The summed E-state index contributed by atoms with van der Waals surface area (Å²) in [5, 5.41) is 8.61. The summed E-state index contributed by atoms with van der Waals surface area (Å²) in [4.78, 5) is 23.2. The summed E-state index contributed by atoms with van der Waals surface area (Å²) < 4.78 is 4.80. The van der Waals surface area contributed by atoms with Gasteiger partial charge >= 0.3 is 12.1 Å². The number of cyclic esters (lactones) is 1. The first-order chi connectivity index (χ1) is 6.65. The molecule has 80 valence electrons. The molecule has 14 heavy (non-hydrogen) atoms. The summed E-state index contributed by atoms with van der Waals surface area (Å²) in [5.74, 6) is -0.894. The maximum Gasteiger partial charge on any atom is 0.410 e. The van der Waals surface area contributed by atoms with Crippen molar-refractivity contribution in [2.24, 2.45) is 0 Å². The highest BCUT2D eigenvalue weighted by Gasteiger charge is 2.33. The predicted molar refractivity (Wildman–Crippen MR) is 49.0 cm³/mol. The number of aliphatic carboxylic acids is 1. The molecule has 1 fully saturated rings. The fourth-order valence-electron chi connectivity index (χ4n) is 1.46. The highest BCUT2D eigenvalue weighted by Crippen LogP contribution is 2.16. The van der Waals surface area contributed by atoms with Crippen molar-refractivity contribution in [1.29, 1.82) is 0 Å². The van der Waals surface area contributed by atoms with Gasteiger partial charge in [0.2, 0.25) is 0 Å². The van der Waals surface area contributed by atoms with Crippen LogP contribution in [-0.4, -0.2) is 41.3 Å². The summed E-state index contributed by atoms with van der Waals surface area (Å²) in [7, 11) is 0. The number of rotatable bonds is 5. The first-order valence-electron chi connectivity index (χ1n) is 4.80. The molecule has 5 heteroatoms. The lowest BCUT2D eigenvalue weighted by atomic mass is 10.2. The van der Waals surface area contributed by atoms with E-state index in [1.807, 2.05) is 6.92 Å². The molecule has 1 unspecified atom stereocenters. The largest absolute Gasteiger partial charge is 0.481 e. The van der Waals surface area contributed by atoms with Crippen LogP contribution in [0, 0.1) is 0 Å². The van der Waals surface area contributed by atoms with Gasteiger partial charge < -0.3 is 14.7 Å². The maximum atomic E-state index is 11.2. The van der Waals surface area contributed by atoms with E-state index in [9.17, 15) is 9.59 Å². The van der Waals surface area contributed by atoms with Gasteiger partial charge in [0.05, 0.1) is 12.5 Å². The summed E-state index contributed by atoms with van der Waals surface area (Å²) >= 11 is 0. The third-order valence-electron chi connectivity index (χ3n) is 2.24. The van der Waals surface area contributed by atoms with Gasteiger partial charge in [-0.05, 0) is 6.42 Å². The first kappa shape index (κ1) is 10.8. The Morgan fingerprint density at radius 2 is 2.43 bits per heavy atom. The summed E-state index contributed by atoms with van der Waals surface area (Å²) in [5.41, 5.74) is 0. The lowest BCUT2D eigenvalue weighted by molar-refractivity contribution is -0.138. The number of hydrogen-bond donors (Lipinski definition) is 1. The predicted octanol–water partition coefficient (Wildman–Crippen LogP) is 1.08. The van der Waals surface area contributed by atoms with Crippen molar-refractivity contribution in [3.05, 3.63) is 0 Å². The zero-order valence-electron chi connectivity index (χ0n) is 8.23. The van der Waals surface area contributed by atoms with Crippen LogP contribution in [0.4, 0.5) is 4.79 Å². The fourth-order valence-corrected chi connectivity index (χ4v) is 1.46. The van der Waals surface area contributed by atoms with Gasteiger partial charge in [0.15, 0.2) is 0 Å². The SMILES string of the molecule is CCCCN1C(=O)OCC1CC(=O)O. The molecule has 0 spiro atoms. The molecule has 0 aromatic heterocycles. The number of ether oxygens (including phenoxy) is 1. The van der Waals surface area contributed by atoms with E-state index in [4.69, 9.17) is 9.84 Å². The molecule has 0 radical (unpaired) electrons. The van der Waals surface area contributed by atoms with Gasteiger partial charge in [0, 0.05) is 6.54 Å². The molecular formula is C9H15NO4. The van der Waals surface area contributed by atoms with Crippen LogP contribution in [0.3, 0.4) is 0 Å². The molecule has 5 nitrogen and oxygen atoms in total. The van der Waals surface area contributed by atoms with Crippen LogP contribution < -0.4 is 0 Å². The molecule has 1 aliphatic rings. The molecule has 1 saturated heterocycles. The fraction of sp³-hybridized carbons (Fsp3) is 0.778. The standard InChI is InChI=1S/C9H15NO4/c1-2-3-4-10-7(5-8(11)12)6-14-9(10)13/h7H,2-6H2,1H3,(H,11,12). The van der Waals surface area contributed by atoms with Gasteiger partial charge in [-0.15, -0.1) is 0 Å². The van der Waals surface area contributed by atoms with E-state index in [0.717, 1.165) is 12.8 Å². The van der Waals surface area contributed by atoms with E-state index in [0.29, 0.717) is 6.54 Å². The van der Waals surface area contributed by atoms with E-state index in [1.54, 1.807) is 0 Å². The second-order valence-electron chi connectivity index (χ2n) is 3.38. The van der Waals surface area contributed by atoms with Crippen molar-refractivity contribution in [2.45, 2.75) is 32.2 Å². The molecule has 1 N–H and O–H groups in total. The molecular weight excluding hydrogens is 186 g/mol. The van der Waals surface area contributed by atoms with Crippen molar-refractivity contribution in [3.8, 4) is 0 Å². The smallest absolute Gasteiger partial charge is 0.410 e. The zero-order valence-corrected chi connectivity index (χ0v) is 8.23. The molecule has 0 saturated carbocycles. The van der Waals surface area contributed by atoms with Gasteiger partial charge in [-0.25, -0.2) is 4.79 Å². The Hall–Kier alpha value is -1.26. The van der Waals surface area contributed by atoms with E-state index < -0.39 is 5.97 Å². The average molecular weight is 201 g/mol. The Bertz CT molecular complexity index is 229. The average Bonchev–Trinajstić information content (AvgIpc) is 2.44. The lowest BCUT2D eigenvalue weighted by Crippen LogP contribution is -2.35. The van der Waals surface area contributed by atoms with Crippen LogP contribution in [0.25, 0.3) is 0 Å². The molecule has 1 amide bonds. The first-order valence-corrected chi connectivity index (χ1v) is 4.80. The highest BCUT2D eigenvalue weighted by molar-refractivity contribution is 5.73. The molecule has 1 aliphatic heterocycles. The van der Waals surface area contributed by atoms with Crippen LogP contribution in [0.15, 0.2) is 0 Å². The third kappa shape index (κ3) is 2.61. The summed E-state index contributed by atoms with van der Waals surface area (Å²) in [6, 6.07) is -0.286. The number of carbonyl (C=O) groups is 2. The number of carbonyl (C=O) groups excluding carboxylic acids is 1. The minimum atomic E-state index is -0.894. The summed E-state index contributed by atoms with van der Waals surface area (Å²) in [6.07, 6.45) is 1.44. The van der Waals surface area contributed by atoms with Crippen LogP contribution in [0.5, 0.6) is 0 Å². The van der Waals surface area contributed by atoms with Gasteiger partial charge in [-0.2, -0.15) is 0 Å². The highest BCUT2D eigenvalue weighted by atomic mass is 16.6. The second-order valence-corrected chi connectivity index (χ2v) is 3.38.